The fraction of sp³-hybridized carbons (Fsp3) is 0.400. The van der Waals surface area contributed by atoms with Crippen LogP contribution in [-0.2, 0) is 6.54 Å². The maximum absolute atomic E-state index is 10.5. The zero-order valence-electron chi connectivity index (χ0n) is 10.1. The molecule has 2 aromatic rings. The van der Waals surface area contributed by atoms with Crippen molar-refractivity contribution in [1.29, 1.82) is 0 Å². The van der Waals surface area contributed by atoms with Crippen molar-refractivity contribution in [2.75, 3.05) is 5.75 Å². The Labute approximate surface area is 117 Å². The van der Waals surface area contributed by atoms with Gasteiger partial charge in [0.2, 0.25) is 0 Å². The number of hydrogen-bond donors (Lipinski definition) is 1. The van der Waals surface area contributed by atoms with E-state index in [2.05, 4.69) is 10.1 Å². The lowest BCUT2D eigenvalue weighted by molar-refractivity contribution is -0.385. The van der Waals surface area contributed by atoms with Gasteiger partial charge in [0, 0.05) is 16.8 Å². The highest BCUT2D eigenvalue weighted by Gasteiger charge is 2.12. The van der Waals surface area contributed by atoms with Gasteiger partial charge in [-0.2, -0.15) is 5.10 Å². The lowest BCUT2D eigenvalue weighted by atomic mass is 10.4. The van der Waals surface area contributed by atoms with E-state index in [1.807, 2.05) is 12.3 Å². The molecular weight excluding hydrogens is 288 g/mol. The third kappa shape index (κ3) is 4.01. The lowest BCUT2D eigenvalue weighted by Gasteiger charge is -2.08. The first kappa shape index (κ1) is 14.0. The second-order valence-electron chi connectivity index (χ2n) is 3.90. The van der Waals surface area contributed by atoms with Crippen molar-refractivity contribution in [2.24, 2.45) is 0 Å². The SMILES string of the molecule is Cc1csc(SCC(O)Cn2cc([N+](=O)[O-])cn2)n1. The van der Waals surface area contributed by atoms with Crippen LogP contribution in [0.5, 0.6) is 0 Å². The average Bonchev–Trinajstić information content (AvgIpc) is 2.96. The fourth-order valence-electron chi connectivity index (χ4n) is 1.38. The van der Waals surface area contributed by atoms with Crippen LogP contribution in [0, 0.1) is 17.0 Å². The lowest BCUT2D eigenvalue weighted by Crippen LogP contribution is -2.18. The number of thiazole rings is 1. The smallest absolute Gasteiger partial charge is 0.306 e. The first-order valence-corrected chi connectivity index (χ1v) is 7.31. The minimum Gasteiger partial charge on any atom is -0.390 e. The predicted molar refractivity (Wildman–Crippen MR) is 72.5 cm³/mol. The molecule has 7 nitrogen and oxygen atoms in total. The Morgan fingerprint density at radius 2 is 2.47 bits per heavy atom. The summed E-state index contributed by atoms with van der Waals surface area (Å²) in [4.78, 5) is 14.3. The van der Waals surface area contributed by atoms with E-state index in [-0.39, 0.29) is 12.2 Å². The van der Waals surface area contributed by atoms with Gasteiger partial charge in [-0.15, -0.1) is 11.3 Å². The third-order valence-electron chi connectivity index (χ3n) is 2.23. The third-order valence-corrected chi connectivity index (χ3v) is 4.51. The van der Waals surface area contributed by atoms with Gasteiger partial charge in [-0.25, -0.2) is 4.98 Å². The molecule has 19 heavy (non-hydrogen) atoms. The monoisotopic (exact) mass is 300 g/mol. The highest BCUT2D eigenvalue weighted by atomic mass is 32.2. The molecular formula is C10H12N4O3S2. The zero-order chi connectivity index (χ0) is 13.8. The number of aromatic nitrogens is 3. The Bertz CT molecular complexity index is 569. The summed E-state index contributed by atoms with van der Waals surface area (Å²) in [6.45, 7) is 2.14. The maximum atomic E-state index is 10.5. The molecule has 2 heterocycles. The number of aliphatic hydroxyl groups excluding tert-OH is 1. The summed E-state index contributed by atoms with van der Waals surface area (Å²) in [6, 6.07) is 0. The molecule has 102 valence electrons. The summed E-state index contributed by atoms with van der Waals surface area (Å²) in [6.07, 6.45) is 1.85. The van der Waals surface area contributed by atoms with Gasteiger partial charge in [0.15, 0.2) is 0 Å². The van der Waals surface area contributed by atoms with Crippen molar-refractivity contribution in [2.45, 2.75) is 23.9 Å². The minimum atomic E-state index is -0.631. The largest absolute Gasteiger partial charge is 0.390 e. The van der Waals surface area contributed by atoms with E-state index in [1.165, 1.54) is 40.2 Å². The first-order chi connectivity index (χ1) is 9.04. The molecule has 1 N–H and O–H groups in total. The Balaban J connectivity index is 1.83. The van der Waals surface area contributed by atoms with Crippen LogP contribution < -0.4 is 0 Å². The summed E-state index contributed by atoms with van der Waals surface area (Å²) in [5.41, 5.74) is 0.889. The number of nitrogens with zero attached hydrogens (tertiary/aromatic N) is 4. The Morgan fingerprint density at radius 1 is 1.68 bits per heavy atom. The minimum absolute atomic E-state index is 0.0737. The molecule has 0 aliphatic carbocycles. The molecule has 0 aliphatic heterocycles. The van der Waals surface area contributed by atoms with Crippen LogP contribution >= 0.6 is 23.1 Å². The summed E-state index contributed by atoms with van der Waals surface area (Å²) in [5.74, 6) is 0.473. The normalized spacial score (nSPS) is 12.5. The van der Waals surface area contributed by atoms with Gasteiger partial charge < -0.3 is 5.11 Å². The summed E-state index contributed by atoms with van der Waals surface area (Å²) in [5, 5.41) is 26.1. The highest BCUT2D eigenvalue weighted by molar-refractivity contribution is 8.01. The molecule has 0 saturated carbocycles. The van der Waals surface area contributed by atoms with Crippen molar-refractivity contribution >= 4 is 28.8 Å². The Kier molecular flexibility index (Phi) is 4.51. The number of rotatable bonds is 6. The van der Waals surface area contributed by atoms with Crippen LogP contribution in [0.1, 0.15) is 5.69 Å². The van der Waals surface area contributed by atoms with E-state index in [0.717, 1.165) is 10.0 Å². The molecule has 0 aromatic carbocycles. The van der Waals surface area contributed by atoms with Crippen molar-refractivity contribution in [3.63, 3.8) is 0 Å². The Hall–Kier alpha value is -1.45. The van der Waals surface area contributed by atoms with Gasteiger partial charge in [0.1, 0.15) is 16.7 Å². The second kappa shape index (κ2) is 6.13. The Morgan fingerprint density at radius 3 is 3.05 bits per heavy atom. The molecule has 2 aromatic heterocycles. The number of hydrogen-bond acceptors (Lipinski definition) is 7. The number of aliphatic hydroxyl groups is 1. The zero-order valence-corrected chi connectivity index (χ0v) is 11.7. The van der Waals surface area contributed by atoms with E-state index in [1.54, 1.807) is 0 Å². The predicted octanol–water partition coefficient (Wildman–Crippen LogP) is 1.71. The molecule has 0 amide bonds. The fourth-order valence-corrected chi connectivity index (χ4v) is 3.17. The van der Waals surface area contributed by atoms with Gasteiger partial charge in [0.25, 0.3) is 0 Å². The number of thioether (sulfide) groups is 1. The van der Waals surface area contributed by atoms with Crippen LogP contribution in [0.4, 0.5) is 5.69 Å². The van der Waals surface area contributed by atoms with Crippen LogP contribution in [0.25, 0.3) is 0 Å². The molecule has 0 radical (unpaired) electrons. The molecule has 1 unspecified atom stereocenters. The van der Waals surface area contributed by atoms with E-state index >= 15 is 0 Å². The summed E-state index contributed by atoms with van der Waals surface area (Å²) >= 11 is 3.00. The van der Waals surface area contributed by atoms with Crippen LogP contribution in [-0.4, -0.2) is 36.7 Å². The topological polar surface area (TPSA) is 94.1 Å². The van der Waals surface area contributed by atoms with Crippen LogP contribution in [0.2, 0.25) is 0 Å². The quantitative estimate of drug-likeness (QED) is 0.496. The molecule has 0 aliphatic rings. The molecule has 0 fully saturated rings. The van der Waals surface area contributed by atoms with Crippen molar-refractivity contribution in [3.8, 4) is 0 Å². The number of aryl methyl sites for hydroxylation is 1. The van der Waals surface area contributed by atoms with Crippen molar-refractivity contribution in [1.82, 2.24) is 14.8 Å². The van der Waals surface area contributed by atoms with E-state index in [4.69, 9.17) is 0 Å². The summed E-state index contributed by atoms with van der Waals surface area (Å²) in [7, 11) is 0. The number of nitro groups is 1. The molecule has 0 saturated heterocycles. The molecule has 2 rings (SSSR count). The van der Waals surface area contributed by atoms with E-state index in [9.17, 15) is 15.2 Å². The highest BCUT2D eigenvalue weighted by Crippen LogP contribution is 2.23. The first-order valence-electron chi connectivity index (χ1n) is 5.44. The van der Waals surface area contributed by atoms with Gasteiger partial charge in [-0.1, -0.05) is 11.8 Å². The second-order valence-corrected chi connectivity index (χ2v) is 6.02. The molecule has 0 spiro atoms. The molecule has 1 atom stereocenters. The van der Waals surface area contributed by atoms with E-state index in [0.29, 0.717) is 5.75 Å². The van der Waals surface area contributed by atoms with Gasteiger partial charge in [0.05, 0.1) is 17.6 Å². The van der Waals surface area contributed by atoms with Crippen molar-refractivity contribution < 1.29 is 10.0 Å². The van der Waals surface area contributed by atoms with Gasteiger partial charge >= 0.3 is 5.69 Å². The van der Waals surface area contributed by atoms with Crippen LogP contribution in [0.15, 0.2) is 22.1 Å². The van der Waals surface area contributed by atoms with Crippen LogP contribution in [0.3, 0.4) is 0 Å². The molecule has 9 heteroatoms. The standard InChI is InChI=1S/C10H12N4O3S2/c1-7-5-18-10(12-7)19-6-9(15)4-13-3-8(2-11-13)14(16)17/h2-3,5,9,15H,4,6H2,1H3. The maximum Gasteiger partial charge on any atom is 0.306 e. The van der Waals surface area contributed by atoms with Gasteiger partial charge in [-0.05, 0) is 6.92 Å². The molecule has 0 bridgehead atoms. The van der Waals surface area contributed by atoms with Gasteiger partial charge in [-0.3, -0.25) is 14.8 Å². The summed E-state index contributed by atoms with van der Waals surface area (Å²) < 4.78 is 2.28. The van der Waals surface area contributed by atoms with E-state index < -0.39 is 11.0 Å². The van der Waals surface area contributed by atoms with Crippen molar-refractivity contribution in [3.05, 3.63) is 33.6 Å². The average molecular weight is 300 g/mol.